The minimum atomic E-state index is -4.24. The summed E-state index contributed by atoms with van der Waals surface area (Å²) < 4.78 is 35.0. The van der Waals surface area contributed by atoms with Gasteiger partial charge in [0.15, 0.2) is 0 Å². The molecule has 37 heavy (non-hydrogen) atoms. The van der Waals surface area contributed by atoms with Crippen LogP contribution in [-0.4, -0.2) is 50.9 Å². The molecule has 1 aromatic heterocycles. The Bertz CT molecular complexity index is 1340. The smallest absolute Gasteiger partial charge is 0.299 e. The molecular formula is C26H30N4O6S. The number of carbonyl (C=O) groups excluding carboxylic acids is 2. The fraction of sp³-hybridized carbons (Fsp3) is 0.269. The molecule has 0 atom stereocenters. The van der Waals surface area contributed by atoms with Crippen LogP contribution in [0.4, 0.5) is 0 Å². The van der Waals surface area contributed by atoms with Crippen LogP contribution in [0.5, 0.6) is 11.5 Å². The zero-order valence-electron chi connectivity index (χ0n) is 20.9. The summed E-state index contributed by atoms with van der Waals surface area (Å²) >= 11 is 0. The van der Waals surface area contributed by atoms with Crippen molar-refractivity contribution in [3.05, 3.63) is 88.7 Å². The molecule has 10 nitrogen and oxygen atoms in total. The Morgan fingerprint density at radius 2 is 1.65 bits per heavy atom. The van der Waals surface area contributed by atoms with Crippen LogP contribution < -0.4 is 19.3 Å². The SMILES string of the molecule is COc1cc(C(=O)N(CCCc2ccccc2)Cc2cccc(C(=O)NS(N)(=O)=O)n2)cc(OC)c1C. The first-order valence-corrected chi connectivity index (χ1v) is 13.0. The normalized spacial score (nSPS) is 11.0. The average Bonchev–Trinajstić information content (AvgIpc) is 2.87. The van der Waals surface area contributed by atoms with E-state index >= 15 is 0 Å². The van der Waals surface area contributed by atoms with E-state index in [1.807, 2.05) is 37.3 Å². The van der Waals surface area contributed by atoms with Crippen molar-refractivity contribution in [1.29, 1.82) is 0 Å². The monoisotopic (exact) mass is 526 g/mol. The first kappa shape index (κ1) is 27.6. The summed E-state index contributed by atoms with van der Waals surface area (Å²) in [7, 11) is -1.19. The molecule has 0 aliphatic heterocycles. The van der Waals surface area contributed by atoms with Crippen LogP contribution in [0.15, 0.2) is 60.7 Å². The Morgan fingerprint density at radius 3 is 2.24 bits per heavy atom. The molecule has 0 saturated heterocycles. The molecule has 0 aliphatic carbocycles. The van der Waals surface area contributed by atoms with E-state index in [0.717, 1.165) is 17.5 Å². The third kappa shape index (κ3) is 7.76. The summed E-state index contributed by atoms with van der Waals surface area (Å²) in [6, 6.07) is 17.8. The van der Waals surface area contributed by atoms with E-state index in [2.05, 4.69) is 4.98 Å². The van der Waals surface area contributed by atoms with Crippen molar-refractivity contribution in [1.82, 2.24) is 14.6 Å². The summed E-state index contributed by atoms with van der Waals surface area (Å²) in [5.74, 6) is -0.191. The van der Waals surface area contributed by atoms with Crippen LogP contribution >= 0.6 is 0 Å². The largest absolute Gasteiger partial charge is 0.496 e. The maximum Gasteiger partial charge on any atom is 0.299 e. The fourth-order valence-corrected chi connectivity index (χ4v) is 4.20. The molecule has 11 heteroatoms. The summed E-state index contributed by atoms with van der Waals surface area (Å²) in [6.45, 7) is 2.33. The number of nitrogens with zero attached hydrogens (tertiary/aromatic N) is 2. The summed E-state index contributed by atoms with van der Waals surface area (Å²) in [5, 5.41) is 4.90. The fourth-order valence-electron chi connectivity index (χ4n) is 3.83. The van der Waals surface area contributed by atoms with Crippen molar-refractivity contribution in [2.45, 2.75) is 26.3 Å². The molecule has 2 aromatic carbocycles. The number of hydrogen-bond acceptors (Lipinski definition) is 7. The quantitative estimate of drug-likeness (QED) is 0.391. The van der Waals surface area contributed by atoms with Gasteiger partial charge in [-0.25, -0.2) is 14.8 Å². The van der Waals surface area contributed by atoms with Crippen LogP contribution in [-0.2, 0) is 23.2 Å². The van der Waals surface area contributed by atoms with Gasteiger partial charge in [-0.05, 0) is 49.6 Å². The zero-order chi connectivity index (χ0) is 27.0. The van der Waals surface area contributed by atoms with Crippen LogP contribution in [0.25, 0.3) is 0 Å². The number of aromatic nitrogens is 1. The number of carbonyl (C=O) groups is 2. The molecule has 0 bridgehead atoms. The van der Waals surface area contributed by atoms with Crippen molar-refractivity contribution in [3.8, 4) is 11.5 Å². The molecule has 0 unspecified atom stereocenters. The van der Waals surface area contributed by atoms with Crippen molar-refractivity contribution in [2.75, 3.05) is 20.8 Å². The van der Waals surface area contributed by atoms with Crippen LogP contribution in [0.1, 0.15) is 44.1 Å². The van der Waals surface area contributed by atoms with Crippen molar-refractivity contribution < 1.29 is 27.5 Å². The number of nitrogens with one attached hydrogen (secondary N) is 1. The Morgan fingerprint density at radius 1 is 1.00 bits per heavy atom. The lowest BCUT2D eigenvalue weighted by Crippen LogP contribution is -2.36. The number of ether oxygens (including phenoxy) is 2. The molecule has 0 radical (unpaired) electrons. The topological polar surface area (TPSA) is 141 Å². The predicted molar refractivity (Wildman–Crippen MR) is 139 cm³/mol. The number of pyridine rings is 1. The van der Waals surface area contributed by atoms with Crippen LogP contribution in [0, 0.1) is 6.92 Å². The third-order valence-electron chi connectivity index (χ3n) is 5.65. The van der Waals surface area contributed by atoms with E-state index in [9.17, 15) is 18.0 Å². The van der Waals surface area contributed by atoms with Gasteiger partial charge >= 0.3 is 0 Å². The molecule has 0 fully saturated rings. The van der Waals surface area contributed by atoms with Gasteiger partial charge in [0.2, 0.25) is 0 Å². The number of aryl methyl sites for hydroxylation is 1. The van der Waals surface area contributed by atoms with Crippen LogP contribution in [0.3, 0.4) is 0 Å². The lowest BCUT2D eigenvalue weighted by Gasteiger charge is -2.24. The molecule has 0 aliphatic rings. The minimum absolute atomic E-state index is 0.0859. The number of benzene rings is 2. The lowest BCUT2D eigenvalue weighted by atomic mass is 10.1. The van der Waals surface area contributed by atoms with Crippen molar-refractivity contribution >= 4 is 22.0 Å². The Hall–Kier alpha value is -3.96. The standard InChI is InChI=1S/C26H30N4O6S/c1-18-23(35-2)15-20(16-24(18)36-3)26(32)30(14-8-11-19-9-5-4-6-10-19)17-21-12-7-13-22(28-21)25(31)29-37(27,33)34/h4-7,9-10,12-13,15-16H,8,11,14,17H2,1-3H3,(H,29,31)(H2,27,33,34). The third-order valence-corrected chi connectivity index (χ3v) is 6.12. The average molecular weight is 527 g/mol. The van der Waals surface area contributed by atoms with Crippen molar-refractivity contribution in [3.63, 3.8) is 0 Å². The second-order valence-corrected chi connectivity index (χ2v) is 9.61. The molecular weight excluding hydrogens is 496 g/mol. The first-order chi connectivity index (χ1) is 17.6. The molecule has 3 N–H and O–H groups in total. The van der Waals surface area contributed by atoms with E-state index in [0.29, 0.717) is 35.7 Å². The predicted octanol–water partition coefficient (Wildman–Crippen LogP) is 2.62. The molecule has 0 saturated carbocycles. The highest BCUT2D eigenvalue weighted by atomic mass is 32.2. The Labute approximate surface area is 216 Å². The molecule has 0 spiro atoms. The van der Waals surface area contributed by atoms with Gasteiger partial charge in [0.25, 0.3) is 22.0 Å². The van der Waals surface area contributed by atoms with Gasteiger partial charge in [-0.15, -0.1) is 0 Å². The summed E-state index contributed by atoms with van der Waals surface area (Å²) in [4.78, 5) is 31.7. The number of methoxy groups -OCH3 is 2. The Kier molecular flexibility index (Phi) is 9.20. The number of nitrogens with two attached hydrogens (primary N) is 1. The summed E-state index contributed by atoms with van der Waals surface area (Å²) in [5.41, 5.74) is 2.56. The number of hydrogen-bond donors (Lipinski definition) is 2. The van der Waals surface area contributed by atoms with E-state index < -0.39 is 16.1 Å². The highest BCUT2D eigenvalue weighted by Crippen LogP contribution is 2.30. The van der Waals surface area contributed by atoms with Gasteiger partial charge in [0, 0.05) is 17.7 Å². The molecule has 1 heterocycles. The van der Waals surface area contributed by atoms with Crippen molar-refractivity contribution in [2.24, 2.45) is 5.14 Å². The van der Waals surface area contributed by atoms with E-state index in [4.69, 9.17) is 14.6 Å². The van der Waals surface area contributed by atoms with E-state index in [1.165, 1.54) is 20.3 Å². The van der Waals surface area contributed by atoms with Gasteiger partial charge in [0.05, 0.1) is 26.5 Å². The van der Waals surface area contributed by atoms with Gasteiger partial charge < -0.3 is 14.4 Å². The van der Waals surface area contributed by atoms with Gasteiger partial charge in [-0.1, -0.05) is 36.4 Å². The highest BCUT2D eigenvalue weighted by molar-refractivity contribution is 7.87. The van der Waals surface area contributed by atoms with Gasteiger partial charge in [-0.3, -0.25) is 9.59 Å². The van der Waals surface area contributed by atoms with E-state index in [-0.39, 0.29) is 18.1 Å². The second-order valence-electron chi connectivity index (χ2n) is 8.31. The molecule has 3 rings (SSSR count). The Balaban J connectivity index is 1.88. The second kappa shape index (κ2) is 12.3. The highest BCUT2D eigenvalue weighted by Gasteiger charge is 2.21. The number of amides is 2. The lowest BCUT2D eigenvalue weighted by molar-refractivity contribution is 0.0738. The van der Waals surface area contributed by atoms with Gasteiger partial charge in [-0.2, -0.15) is 8.42 Å². The van der Waals surface area contributed by atoms with Gasteiger partial charge in [0.1, 0.15) is 17.2 Å². The minimum Gasteiger partial charge on any atom is -0.496 e. The molecule has 196 valence electrons. The molecule has 3 aromatic rings. The maximum absolute atomic E-state index is 13.7. The number of rotatable bonds is 11. The maximum atomic E-state index is 13.7. The molecule has 2 amide bonds. The summed E-state index contributed by atoms with van der Waals surface area (Å²) in [6.07, 6.45) is 1.44. The van der Waals surface area contributed by atoms with Crippen LogP contribution in [0.2, 0.25) is 0 Å². The van der Waals surface area contributed by atoms with E-state index in [1.54, 1.807) is 33.9 Å². The zero-order valence-corrected chi connectivity index (χ0v) is 21.7. The first-order valence-electron chi connectivity index (χ1n) is 11.5.